The van der Waals surface area contributed by atoms with Gasteiger partial charge in [0.1, 0.15) is 6.61 Å². The second-order valence-electron chi connectivity index (χ2n) is 2.06. The number of hydrogen-bond donors (Lipinski definition) is 2. The highest BCUT2D eigenvalue weighted by atomic mass is 16.5. The summed E-state index contributed by atoms with van der Waals surface area (Å²) in [5.74, 6) is -0.672. The third kappa shape index (κ3) is 3.75. The molecule has 4 heteroatoms. The van der Waals surface area contributed by atoms with Gasteiger partial charge in [-0.3, -0.25) is 0 Å². The van der Waals surface area contributed by atoms with Crippen LogP contribution in [0.1, 0.15) is 6.92 Å². The summed E-state index contributed by atoms with van der Waals surface area (Å²) >= 11 is 0. The molecule has 0 radical (unpaired) electrons. The van der Waals surface area contributed by atoms with Gasteiger partial charge in [0.2, 0.25) is 0 Å². The van der Waals surface area contributed by atoms with Crippen molar-refractivity contribution in [2.24, 2.45) is 0 Å². The SMILES string of the molecule is C=C(C(=O)OCCO)C(C)O. The number of rotatable bonds is 4. The van der Waals surface area contributed by atoms with E-state index in [4.69, 9.17) is 10.2 Å². The third-order valence-corrected chi connectivity index (χ3v) is 1.09. The Morgan fingerprint density at radius 1 is 1.73 bits per heavy atom. The van der Waals surface area contributed by atoms with Crippen molar-refractivity contribution in [2.75, 3.05) is 13.2 Å². The Balaban J connectivity index is 3.75. The van der Waals surface area contributed by atoms with E-state index < -0.39 is 12.1 Å². The van der Waals surface area contributed by atoms with Crippen LogP contribution in [0.25, 0.3) is 0 Å². The molecule has 0 fully saturated rings. The fraction of sp³-hybridized carbons (Fsp3) is 0.571. The Kier molecular flexibility index (Phi) is 4.49. The quantitative estimate of drug-likeness (QED) is 0.428. The molecule has 0 saturated heterocycles. The molecule has 1 unspecified atom stereocenters. The van der Waals surface area contributed by atoms with Gasteiger partial charge in [0.05, 0.1) is 18.3 Å². The molecular weight excluding hydrogens is 148 g/mol. The van der Waals surface area contributed by atoms with E-state index in [-0.39, 0.29) is 18.8 Å². The molecule has 11 heavy (non-hydrogen) atoms. The van der Waals surface area contributed by atoms with E-state index >= 15 is 0 Å². The molecule has 0 heterocycles. The summed E-state index contributed by atoms with van der Waals surface area (Å²) in [6, 6.07) is 0. The number of ether oxygens (including phenoxy) is 1. The first-order valence-electron chi connectivity index (χ1n) is 3.24. The van der Waals surface area contributed by atoms with Crippen LogP contribution in [0.15, 0.2) is 12.2 Å². The van der Waals surface area contributed by atoms with Gasteiger partial charge in [0, 0.05) is 0 Å². The van der Waals surface area contributed by atoms with Gasteiger partial charge in [-0.05, 0) is 6.92 Å². The monoisotopic (exact) mass is 160 g/mol. The van der Waals surface area contributed by atoms with Gasteiger partial charge in [-0.2, -0.15) is 0 Å². The van der Waals surface area contributed by atoms with Gasteiger partial charge in [0.25, 0.3) is 0 Å². The molecule has 1 atom stereocenters. The van der Waals surface area contributed by atoms with E-state index in [2.05, 4.69) is 11.3 Å². The van der Waals surface area contributed by atoms with Crippen molar-refractivity contribution >= 4 is 5.97 Å². The average molecular weight is 160 g/mol. The van der Waals surface area contributed by atoms with Crippen LogP contribution < -0.4 is 0 Å². The highest BCUT2D eigenvalue weighted by Crippen LogP contribution is 2.00. The third-order valence-electron chi connectivity index (χ3n) is 1.09. The maximum absolute atomic E-state index is 10.8. The Morgan fingerprint density at radius 2 is 2.27 bits per heavy atom. The van der Waals surface area contributed by atoms with Gasteiger partial charge in [-0.15, -0.1) is 0 Å². The lowest BCUT2D eigenvalue weighted by Gasteiger charge is -2.06. The summed E-state index contributed by atoms with van der Waals surface area (Å²) in [6.07, 6.45) is -0.902. The molecular formula is C7H12O4. The minimum atomic E-state index is -0.902. The molecule has 0 saturated carbocycles. The molecule has 4 nitrogen and oxygen atoms in total. The van der Waals surface area contributed by atoms with E-state index in [1.54, 1.807) is 0 Å². The van der Waals surface area contributed by atoms with Crippen molar-refractivity contribution < 1.29 is 19.7 Å². The maximum Gasteiger partial charge on any atom is 0.336 e. The first-order chi connectivity index (χ1) is 5.09. The number of aliphatic hydroxyl groups is 2. The van der Waals surface area contributed by atoms with E-state index in [1.807, 2.05) is 0 Å². The topological polar surface area (TPSA) is 66.8 Å². The van der Waals surface area contributed by atoms with Crippen LogP contribution in [-0.4, -0.2) is 35.5 Å². The molecule has 64 valence electrons. The van der Waals surface area contributed by atoms with Gasteiger partial charge in [-0.25, -0.2) is 4.79 Å². The molecule has 0 rings (SSSR count). The molecule has 2 N–H and O–H groups in total. The largest absolute Gasteiger partial charge is 0.460 e. The summed E-state index contributed by atoms with van der Waals surface area (Å²) in [5.41, 5.74) is -0.00144. The predicted octanol–water partition coefficient (Wildman–Crippen LogP) is -0.541. The lowest BCUT2D eigenvalue weighted by Crippen LogP contribution is -2.17. The van der Waals surface area contributed by atoms with Gasteiger partial charge in [0.15, 0.2) is 0 Å². The molecule has 0 aromatic rings. The Bertz CT molecular complexity index is 151. The van der Waals surface area contributed by atoms with E-state index in [1.165, 1.54) is 6.92 Å². The van der Waals surface area contributed by atoms with Crippen LogP contribution in [0, 0.1) is 0 Å². The van der Waals surface area contributed by atoms with Crippen LogP contribution >= 0.6 is 0 Å². The summed E-state index contributed by atoms with van der Waals surface area (Å²) in [7, 11) is 0. The molecule has 0 aromatic carbocycles. The van der Waals surface area contributed by atoms with Crippen molar-refractivity contribution in [3.8, 4) is 0 Å². The van der Waals surface area contributed by atoms with E-state index in [9.17, 15) is 4.79 Å². The van der Waals surface area contributed by atoms with Crippen molar-refractivity contribution in [1.29, 1.82) is 0 Å². The van der Waals surface area contributed by atoms with Crippen LogP contribution in [0.3, 0.4) is 0 Å². The summed E-state index contributed by atoms with van der Waals surface area (Å²) < 4.78 is 4.47. The standard InChI is InChI=1S/C7H12O4/c1-5(6(2)9)7(10)11-4-3-8/h6,8-9H,1,3-4H2,2H3. The van der Waals surface area contributed by atoms with Crippen molar-refractivity contribution in [3.05, 3.63) is 12.2 Å². The lowest BCUT2D eigenvalue weighted by atomic mass is 10.2. The zero-order chi connectivity index (χ0) is 8.85. The zero-order valence-corrected chi connectivity index (χ0v) is 6.41. The molecule has 0 spiro atoms. The number of carbonyl (C=O) groups is 1. The molecule has 0 bridgehead atoms. The summed E-state index contributed by atoms with van der Waals surface area (Å²) in [6.45, 7) is 4.43. The van der Waals surface area contributed by atoms with Gasteiger partial charge < -0.3 is 14.9 Å². The van der Waals surface area contributed by atoms with Crippen LogP contribution in [0.2, 0.25) is 0 Å². The lowest BCUT2D eigenvalue weighted by molar-refractivity contribution is -0.141. The molecule has 0 amide bonds. The summed E-state index contributed by atoms with van der Waals surface area (Å²) in [5, 5.41) is 17.1. The smallest absolute Gasteiger partial charge is 0.336 e. The van der Waals surface area contributed by atoms with Crippen LogP contribution in [0.4, 0.5) is 0 Å². The molecule has 0 aliphatic carbocycles. The van der Waals surface area contributed by atoms with E-state index in [0.717, 1.165) is 0 Å². The van der Waals surface area contributed by atoms with Crippen molar-refractivity contribution in [3.63, 3.8) is 0 Å². The first kappa shape index (κ1) is 10.1. The van der Waals surface area contributed by atoms with Gasteiger partial charge >= 0.3 is 5.97 Å². The predicted molar refractivity (Wildman–Crippen MR) is 38.9 cm³/mol. The molecule has 0 aromatic heterocycles. The van der Waals surface area contributed by atoms with Crippen molar-refractivity contribution in [2.45, 2.75) is 13.0 Å². The fourth-order valence-electron chi connectivity index (χ4n) is 0.402. The fourth-order valence-corrected chi connectivity index (χ4v) is 0.402. The van der Waals surface area contributed by atoms with Gasteiger partial charge in [-0.1, -0.05) is 6.58 Å². The minimum absolute atomic E-state index is 0.00144. The Hall–Kier alpha value is -0.870. The molecule has 0 aliphatic rings. The highest BCUT2D eigenvalue weighted by molar-refractivity contribution is 5.88. The minimum Gasteiger partial charge on any atom is -0.460 e. The maximum atomic E-state index is 10.8. The second kappa shape index (κ2) is 4.87. The summed E-state index contributed by atoms with van der Waals surface area (Å²) in [4.78, 5) is 10.8. The number of hydrogen-bond acceptors (Lipinski definition) is 4. The van der Waals surface area contributed by atoms with Crippen LogP contribution in [-0.2, 0) is 9.53 Å². The number of carbonyl (C=O) groups excluding carboxylic acids is 1. The van der Waals surface area contributed by atoms with Crippen LogP contribution in [0.5, 0.6) is 0 Å². The number of aliphatic hydroxyl groups excluding tert-OH is 2. The molecule has 0 aliphatic heterocycles. The van der Waals surface area contributed by atoms with Crippen molar-refractivity contribution in [1.82, 2.24) is 0 Å². The second-order valence-corrected chi connectivity index (χ2v) is 2.06. The van der Waals surface area contributed by atoms with E-state index in [0.29, 0.717) is 0 Å². The Labute approximate surface area is 65.1 Å². The highest BCUT2D eigenvalue weighted by Gasteiger charge is 2.12. The average Bonchev–Trinajstić information content (AvgIpc) is 1.98. The number of esters is 1. The zero-order valence-electron chi connectivity index (χ0n) is 6.41. The Morgan fingerprint density at radius 3 is 2.64 bits per heavy atom. The first-order valence-corrected chi connectivity index (χ1v) is 3.24. The normalized spacial score (nSPS) is 12.3.